The molecule has 10 heteroatoms. The number of phosphoric ester groups is 1. The average molecular weight is 909 g/mol. The van der Waals surface area contributed by atoms with Gasteiger partial charge in [-0.3, -0.25) is 13.8 Å². The third-order valence-electron chi connectivity index (χ3n) is 9.02. The van der Waals surface area contributed by atoms with Gasteiger partial charge < -0.3 is 24.6 Å². The number of unbranched alkanes of at least 4 members (excludes halogenated alkanes) is 5. The molecule has 3 unspecified atom stereocenters. The molecule has 0 saturated heterocycles. The maximum absolute atomic E-state index is 12.6. The van der Waals surface area contributed by atoms with Crippen molar-refractivity contribution in [2.75, 3.05) is 33.0 Å². The predicted molar refractivity (Wildman–Crippen MR) is 269 cm³/mol. The van der Waals surface area contributed by atoms with Crippen molar-refractivity contribution in [2.24, 2.45) is 0 Å². The first kappa shape index (κ1) is 60.3. The Bertz CT molecular complexity index is 1500. The molecule has 0 aromatic rings. The number of allylic oxidation sites excluding steroid dienone is 24. The van der Waals surface area contributed by atoms with Crippen LogP contribution in [0.2, 0.25) is 0 Å². The van der Waals surface area contributed by atoms with Gasteiger partial charge in [0.2, 0.25) is 0 Å². The average Bonchev–Trinajstić information content (AvgIpc) is 3.29. The van der Waals surface area contributed by atoms with Gasteiger partial charge in [0.1, 0.15) is 12.2 Å². The highest BCUT2D eigenvalue weighted by molar-refractivity contribution is 7.47. The molecule has 360 valence electrons. The molecule has 0 aliphatic carbocycles. The van der Waals surface area contributed by atoms with E-state index in [0.717, 1.165) is 109 Å². The van der Waals surface area contributed by atoms with Gasteiger partial charge in [-0.15, -0.1) is 0 Å². The van der Waals surface area contributed by atoms with Gasteiger partial charge in [0, 0.05) is 13.0 Å². The molecular weight excluding hydrogens is 824 g/mol. The number of esters is 1. The summed E-state index contributed by atoms with van der Waals surface area (Å²) in [5.41, 5.74) is 0. The first-order chi connectivity index (χ1) is 31.3. The monoisotopic (exact) mass is 909 g/mol. The second-order valence-corrected chi connectivity index (χ2v) is 16.5. The quantitative estimate of drug-likeness (QED) is 0.0237. The van der Waals surface area contributed by atoms with Crippen LogP contribution in [-0.4, -0.2) is 66.3 Å². The van der Waals surface area contributed by atoms with Crippen LogP contribution in [0.15, 0.2) is 146 Å². The molecule has 0 aliphatic heterocycles. The highest BCUT2D eigenvalue weighted by Crippen LogP contribution is 2.43. The van der Waals surface area contributed by atoms with Gasteiger partial charge in [0.25, 0.3) is 0 Å². The van der Waals surface area contributed by atoms with Crippen molar-refractivity contribution in [1.82, 2.24) is 0 Å². The van der Waals surface area contributed by atoms with Crippen LogP contribution < -0.4 is 0 Å². The summed E-state index contributed by atoms with van der Waals surface area (Å²) in [7, 11) is -4.56. The summed E-state index contributed by atoms with van der Waals surface area (Å²) >= 11 is 0. The van der Waals surface area contributed by atoms with Gasteiger partial charge in [-0.2, -0.15) is 0 Å². The van der Waals surface area contributed by atoms with E-state index in [0.29, 0.717) is 19.4 Å². The topological polar surface area (TPSA) is 132 Å². The molecule has 0 saturated carbocycles. The molecular formula is C54H85O9P. The lowest BCUT2D eigenvalue weighted by molar-refractivity contribution is -0.154. The van der Waals surface area contributed by atoms with E-state index < -0.39 is 45.8 Å². The zero-order valence-corrected chi connectivity index (χ0v) is 40.3. The van der Waals surface area contributed by atoms with Crippen LogP contribution in [0.1, 0.15) is 142 Å². The van der Waals surface area contributed by atoms with Crippen LogP contribution in [0.5, 0.6) is 0 Å². The fraction of sp³-hybridized carbons (Fsp3) is 0.537. The highest BCUT2D eigenvalue weighted by atomic mass is 31.2. The molecule has 0 bridgehead atoms. The summed E-state index contributed by atoms with van der Waals surface area (Å²) in [4.78, 5) is 22.6. The Kier molecular flexibility index (Phi) is 46.0. The summed E-state index contributed by atoms with van der Waals surface area (Å²) < 4.78 is 33.4. The van der Waals surface area contributed by atoms with E-state index in [1.807, 2.05) is 6.08 Å². The zero-order valence-electron chi connectivity index (χ0n) is 39.4. The van der Waals surface area contributed by atoms with Gasteiger partial charge in [-0.1, -0.05) is 173 Å². The van der Waals surface area contributed by atoms with Crippen molar-refractivity contribution in [3.05, 3.63) is 146 Å². The number of ether oxygens (including phenoxy) is 2. The number of rotatable bonds is 43. The standard InChI is InChI=1S/C54H85O9P/c1-3-5-7-9-11-13-15-17-19-21-23-25-26-27-28-30-32-34-36-38-40-42-44-46-54(57)63-53(51-62-64(58,59)61-49-52(56)48-55)50-60-47-45-43-41-39-37-35-33-31-29-24-22-20-18-16-14-12-10-8-6-4-2/h5-8,11-14,17-20,23-25,27-29,32-35,38,40,52-53,55-56H,3-4,9-10,15-16,21-22,26,30-31,36-37,39,41-51H2,1-2H3,(H,58,59)/b7-5-,8-6-,13-11-,14-12-,19-17-,20-18-,25-23-,28-27-,29-24-,34-32-,35-33-,40-38-. The van der Waals surface area contributed by atoms with Crippen molar-refractivity contribution >= 4 is 13.8 Å². The van der Waals surface area contributed by atoms with Gasteiger partial charge in [0.05, 0.1) is 26.4 Å². The maximum atomic E-state index is 12.6. The largest absolute Gasteiger partial charge is 0.472 e. The zero-order chi connectivity index (χ0) is 46.7. The third-order valence-corrected chi connectivity index (χ3v) is 9.97. The molecule has 3 N–H and O–H groups in total. The minimum absolute atomic E-state index is 0.00307. The number of carbonyl (C=O) groups excluding carboxylic acids is 1. The fourth-order valence-corrected chi connectivity index (χ4v) is 6.28. The van der Waals surface area contributed by atoms with Gasteiger partial charge in [-0.05, 0) is 109 Å². The van der Waals surface area contributed by atoms with Crippen LogP contribution >= 0.6 is 7.82 Å². The Morgan fingerprint density at radius 3 is 1.25 bits per heavy atom. The Morgan fingerprint density at radius 1 is 0.484 bits per heavy atom. The minimum atomic E-state index is -4.56. The van der Waals surface area contributed by atoms with E-state index in [2.05, 4.69) is 154 Å². The molecule has 0 aromatic heterocycles. The predicted octanol–water partition coefficient (Wildman–Crippen LogP) is 13.9. The molecule has 0 aromatic carbocycles. The summed E-state index contributed by atoms with van der Waals surface area (Å²) in [6.07, 6.45) is 68.2. The normalized spacial score (nSPS) is 15.1. The summed E-state index contributed by atoms with van der Waals surface area (Å²) in [6.45, 7) is 3.10. The Morgan fingerprint density at radius 2 is 0.844 bits per heavy atom. The first-order valence-electron chi connectivity index (χ1n) is 23.8. The number of aliphatic hydroxyl groups is 2. The van der Waals surface area contributed by atoms with E-state index >= 15 is 0 Å². The molecule has 3 atom stereocenters. The van der Waals surface area contributed by atoms with Gasteiger partial charge in [0.15, 0.2) is 0 Å². The summed E-state index contributed by atoms with van der Waals surface area (Å²) in [5.74, 6) is -0.456. The molecule has 0 rings (SSSR count). The number of hydrogen-bond donors (Lipinski definition) is 3. The second-order valence-electron chi connectivity index (χ2n) is 15.0. The number of phosphoric acid groups is 1. The third kappa shape index (κ3) is 47.8. The number of hydrogen-bond acceptors (Lipinski definition) is 8. The van der Waals surface area contributed by atoms with Crippen LogP contribution in [-0.2, 0) is 27.9 Å². The molecule has 64 heavy (non-hydrogen) atoms. The molecule has 0 heterocycles. The van der Waals surface area contributed by atoms with E-state index in [4.69, 9.17) is 23.6 Å². The fourth-order valence-electron chi connectivity index (χ4n) is 5.49. The van der Waals surface area contributed by atoms with Crippen LogP contribution in [0.4, 0.5) is 0 Å². The Labute approximate surface area is 388 Å². The van der Waals surface area contributed by atoms with E-state index in [9.17, 15) is 19.4 Å². The lowest BCUT2D eigenvalue weighted by Gasteiger charge is -2.20. The van der Waals surface area contributed by atoms with Crippen LogP contribution in [0.25, 0.3) is 0 Å². The minimum Gasteiger partial charge on any atom is -0.457 e. The van der Waals surface area contributed by atoms with Crippen molar-refractivity contribution < 1.29 is 43.0 Å². The first-order valence-corrected chi connectivity index (χ1v) is 25.3. The Balaban J connectivity index is 4.34. The molecule has 0 spiro atoms. The molecule has 0 radical (unpaired) electrons. The lowest BCUT2D eigenvalue weighted by Crippen LogP contribution is -2.29. The summed E-state index contributed by atoms with van der Waals surface area (Å²) in [6, 6.07) is 0. The lowest BCUT2D eigenvalue weighted by atomic mass is 10.1. The SMILES string of the molecule is CC/C=C\C/C=C\C/C=C\C/C=C\C/C=C\C/C=C\C/C=C\CCCC(=O)OC(COCCCCCC/C=C\C/C=C\C/C=C\C/C=C\C/C=C\CC)COP(=O)(O)OCC(O)CO. The molecule has 9 nitrogen and oxygen atoms in total. The molecule has 0 amide bonds. The van der Waals surface area contributed by atoms with Crippen molar-refractivity contribution in [3.8, 4) is 0 Å². The van der Waals surface area contributed by atoms with E-state index in [-0.39, 0.29) is 13.0 Å². The number of aliphatic hydroxyl groups excluding tert-OH is 2. The maximum Gasteiger partial charge on any atom is 0.472 e. The van der Waals surface area contributed by atoms with Crippen LogP contribution in [0, 0.1) is 0 Å². The molecule has 0 aliphatic rings. The highest BCUT2D eigenvalue weighted by Gasteiger charge is 2.26. The van der Waals surface area contributed by atoms with E-state index in [1.54, 1.807) is 0 Å². The Hall–Kier alpha value is -3.66. The van der Waals surface area contributed by atoms with Crippen molar-refractivity contribution in [3.63, 3.8) is 0 Å². The second kappa shape index (κ2) is 48.8. The van der Waals surface area contributed by atoms with Crippen LogP contribution in [0.3, 0.4) is 0 Å². The molecule has 0 fully saturated rings. The van der Waals surface area contributed by atoms with Crippen molar-refractivity contribution in [1.29, 1.82) is 0 Å². The van der Waals surface area contributed by atoms with Gasteiger partial charge in [-0.25, -0.2) is 4.57 Å². The van der Waals surface area contributed by atoms with Crippen molar-refractivity contribution in [2.45, 2.75) is 154 Å². The van der Waals surface area contributed by atoms with E-state index in [1.165, 1.54) is 0 Å². The smallest absolute Gasteiger partial charge is 0.457 e. The number of carbonyl (C=O) groups is 1. The summed E-state index contributed by atoms with van der Waals surface area (Å²) in [5, 5.41) is 18.4. The van der Waals surface area contributed by atoms with Gasteiger partial charge >= 0.3 is 13.8 Å².